The van der Waals surface area contributed by atoms with Crippen molar-refractivity contribution in [3.8, 4) is 5.75 Å². The molecule has 0 amide bonds. The van der Waals surface area contributed by atoms with Crippen LogP contribution in [0.5, 0.6) is 5.75 Å². The van der Waals surface area contributed by atoms with Gasteiger partial charge in [-0.2, -0.15) is 0 Å². The predicted molar refractivity (Wildman–Crippen MR) is 114 cm³/mol. The van der Waals surface area contributed by atoms with E-state index in [2.05, 4.69) is 10.2 Å². The average molecular weight is 415 g/mol. The normalized spacial score (nSPS) is 15.5. The maximum atomic E-state index is 11.5. The number of aliphatic hydroxyl groups is 1. The molecule has 3 rings (SSSR count). The molecule has 0 spiro atoms. The van der Waals surface area contributed by atoms with E-state index in [0.29, 0.717) is 25.2 Å². The van der Waals surface area contributed by atoms with E-state index in [1.54, 1.807) is 12.1 Å². The van der Waals surface area contributed by atoms with E-state index < -0.39 is 6.10 Å². The van der Waals surface area contributed by atoms with Crippen molar-refractivity contribution in [1.82, 2.24) is 10.2 Å². The molecule has 1 unspecified atom stereocenters. The molecule has 162 valence electrons. The summed E-state index contributed by atoms with van der Waals surface area (Å²) >= 11 is 0. The number of nitrogens with one attached hydrogen (secondary N) is 1. The van der Waals surface area contributed by atoms with Crippen LogP contribution in [0.2, 0.25) is 0 Å². The highest BCUT2D eigenvalue weighted by atomic mass is 16.5. The lowest BCUT2D eigenvalue weighted by atomic mass is 10.1. The Morgan fingerprint density at radius 2 is 1.87 bits per heavy atom. The summed E-state index contributed by atoms with van der Waals surface area (Å²) in [6.45, 7) is 5.38. The molecule has 0 aliphatic carbocycles. The highest BCUT2D eigenvalue weighted by Gasteiger charge is 2.15. The van der Waals surface area contributed by atoms with Crippen LogP contribution in [-0.4, -0.2) is 68.6 Å². The molecule has 2 aromatic carbocycles. The third-order valence-corrected chi connectivity index (χ3v) is 4.95. The van der Waals surface area contributed by atoms with E-state index in [0.717, 1.165) is 43.2 Å². The minimum atomic E-state index is -0.530. The fraction of sp³-hybridized carbons (Fsp3) is 0.435. The third kappa shape index (κ3) is 7.11. The molecule has 1 atom stereocenters. The number of ether oxygens (including phenoxy) is 3. The standard InChI is InChI=1S/C23H30N2O5/c1-28-23(27)20-7-5-18(6-8-20)14-24-15-19-3-2-4-22(13-19)30-17-21(26)16-25-9-11-29-12-10-25/h2-8,13,21,24,26H,9-12,14-17H2,1H3. The summed E-state index contributed by atoms with van der Waals surface area (Å²) < 4.78 is 15.8. The van der Waals surface area contributed by atoms with Crippen molar-refractivity contribution in [1.29, 1.82) is 0 Å². The van der Waals surface area contributed by atoms with Gasteiger partial charge in [0.05, 0.1) is 25.9 Å². The lowest BCUT2D eigenvalue weighted by Gasteiger charge is -2.28. The quantitative estimate of drug-likeness (QED) is 0.574. The molecule has 1 saturated heterocycles. The van der Waals surface area contributed by atoms with E-state index >= 15 is 0 Å². The topological polar surface area (TPSA) is 80.3 Å². The molecule has 1 aliphatic heterocycles. The van der Waals surface area contributed by atoms with Crippen LogP contribution in [0.1, 0.15) is 21.5 Å². The molecular weight excluding hydrogens is 384 g/mol. The Balaban J connectivity index is 1.41. The summed E-state index contributed by atoms with van der Waals surface area (Å²) in [6.07, 6.45) is -0.530. The number of esters is 1. The van der Waals surface area contributed by atoms with Gasteiger partial charge in [-0.15, -0.1) is 0 Å². The first-order valence-corrected chi connectivity index (χ1v) is 10.2. The summed E-state index contributed by atoms with van der Waals surface area (Å²) in [6, 6.07) is 15.2. The second-order valence-electron chi connectivity index (χ2n) is 7.32. The Bertz CT molecular complexity index is 790. The fourth-order valence-electron chi connectivity index (χ4n) is 3.30. The number of aliphatic hydroxyl groups excluding tert-OH is 1. The van der Waals surface area contributed by atoms with Gasteiger partial charge in [0.25, 0.3) is 0 Å². The number of hydrogen-bond donors (Lipinski definition) is 2. The summed E-state index contributed by atoms with van der Waals surface area (Å²) in [5.74, 6) is 0.416. The monoisotopic (exact) mass is 414 g/mol. The van der Waals surface area contributed by atoms with Crippen molar-refractivity contribution >= 4 is 5.97 Å². The molecule has 2 N–H and O–H groups in total. The number of hydrogen-bond acceptors (Lipinski definition) is 7. The number of morpholine rings is 1. The summed E-state index contributed by atoms with van der Waals surface area (Å²) in [5, 5.41) is 13.6. The molecule has 0 aromatic heterocycles. The van der Waals surface area contributed by atoms with Gasteiger partial charge in [0.1, 0.15) is 18.5 Å². The number of rotatable bonds is 10. The Hall–Kier alpha value is -2.45. The van der Waals surface area contributed by atoms with Crippen LogP contribution in [0.15, 0.2) is 48.5 Å². The fourth-order valence-corrected chi connectivity index (χ4v) is 3.30. The molecule has 1 fully saturated rings. The number of nitrogens with zero attached hydrogens (tertiary/aromatic N) is 1. The first-order valence-electron chi connectivity index (χ1n) is 10.2. The molecule has 1 aliphatic rings. The van der Waals surface area contributed by atoms with Gasteiger partial charge in [-0.05, 0) is 35.4 Å². The Labute approximate surface area is 177 Å². The summed E-state index contributed by atoms with van der Waals surface area (Å²) in [5.41, 5.74) is 2.73. The third-order valence-electron chi connectivity index (χ3n) is 4.95. The van der Waals surface area contributed by atoms with Gasteiger partial charge in [0, 0.05) is 32.7 Å². The van der Waals surface area contributed by atoms with Gasteiger partial charge in [0.2, 0.25) is 0 Å². The van der Waals surface area contributed by atoms with Crippen molar-refractivity contribution in [2.24, 2.45) is 0 Å². The Morgan fingerprint density at radius 3 is 2.60 bits per heavy atom. The highest BCUT2D eigenvalue weighted by Crippen LogP contribution is 2.14. The van der Waals surface area contributed by atoms with Crippen LogP contribution in [0.3, 0.4) is 0 Å². The molecule has 7 heteroatoms. The molecule has 0 radical (unpaired) electrons. The van der Waals surface area contributed by atoms with Crippen LogP contribution in [0.25, 0.3) is 0 Å². The molecule has 0 saturated carbocycles. The predicted octanol–water partition coefficient (Wildman–Crippen LogP) is 1.83. The zero-order chi connectivity index (χ0) is 21.2. The van der Waals surface area contributed by atoms with Crippen LogP contribution in [0.4, 0.5) is 0 Å². The Morgan fingerprint density at radius 1 is 1.13 bits per heavy atom. The van der Waals surface area contributed by atoms with Gasteiger partial charge in [0.15, 0.2) is 0 Å². The molecule has 30 heavy (non-hydrogen) atoms. The van der Waals surface area contributed by atoms with E-state index in [9.17, 15) is 9.90 Å². The van der Waals surface area contributed by atoms with Gasteiger partial charge in [-0.3, -0.25) is 4.90 Å². The zero-order valence-electron chi connectivity index (χ0n) is 17.4. The maximum absolute atomic E-state index is 11.5. The van der Waals surface area contributed by atoms with Crippen LogP contribution in [0, 0.1) is 0 Å². The number of β-amino-alcohol motifs (C(OH)–C–C–N with tert-alkyl or cyclic N) is 1. The van der Waals surface area contributed by atoms with E-state index in [4.69, 9.17) is 14.2 Å². The average Bonchev–Trinajstić information content (AvgIpc) is 2.79. The molecule has 7 nitrogen and oxygen atoms in total. The van der Waals surface area contributed by atoms with Crippen molar-refractivity contribution < 1.29 is 24.1 Å². The zero-order valence-corrected chi connectivity index (χ0v) is 17.4. The van der Waals surface area contributed by atoms with E-state index in [1.807, 2.05) is 36.4 Å². The minimum absolute atomic E-state index is 0.265. The summed E-state index contributed by atoms with van der Waals surface area (Å²) in [4.78, 5) is 13.7. The van der Waals surface area contributed by atoms with Crippen molar-refractivity contribution in [3.05, 3.63) is 65.2 Å². The van der Waals surface area contributed by atoms with E-state index in [-0.39, 0.29) is 12.6 Å². The molecule has 1 heterocycles. The SMILES string of the molecule is COC(=O)c1ccc(CNCc2cccc(OCC(O)CN3CCOCC3)c2)cc1. The second kappa shape index (κ2) is 11.7. The highest BCUT2D eigenvalue weighted by molar-refractivity contribution is 5.89. The van der Waals surface area contributed by atoms with Crippen molar-refractivity contribution in [3.63, 3.8) is 0 Å². The molecular formula is C23H30N2O5. The number of carbonyl (C=O) groups excluding carboxylic acids is 1. The largest absolute Gasteiger partial charge is 0.491 e. The number of benzene rings is 2. The second-order valence-corrected chi connectivity index (χ2v) is 7.32. The first-order chi connectivity index (χ1) is 14.6. The van der Waals surface area contributed by atoms with Crippen LogP contribution >= 0.6 is 0 Å². The maximum Gasteiger partial charge on any atom is 0.337 e. The smallest absolute Gasteiger partial charge is 0.337 e. The lowest BCUT2D eigenvalue weighted by molar-refractivity contribution is 0.00464. The number of methoxy groups -OCH3 is 1. The lowest BCUT2D eigenvalue weighted by Crippen LogP contribution is -2.42. The minimum Gasteiger partial charge on any atom is -0.491 e. The van der Waals surface area contributed by atoms with Gasteiger partial charge >= 0.3 is 5.97 Å². The van der Waals surface area contributed by atoms with Gasteiger partial charge < -0.3 is 24.6 Å². The molecule has 2 aromatic rings. The molecule has 0 bridgehead atoms. The number of carbonyl (C=O) groups is 1. The van der Waals surface area contributed by atoms with Gasteiger partial charge in [-0.25, -0.2) is 4.79 Å². The van der Waals surface area contributed by atoms with Crippen LogP contribution < -0.4 is 10.1 Å². The van der Waals surface area contributed by atoms with Crippen molar-refractivity contribution in [2.75, 3.05) is 46.6 Å². The van der Waals surface area contributed by atoms with Crippen molar-refractivity contribution in [2.45, 2.75) is 19.2 Å². The first kappa shape index (κ1) is 22.2. The van der Waals surface area contributed by atoms with Gasteiger partial charge in [-0.1, -0.05) is 24.3 Å². The van der Waals surface area contributed by atoms with Crippen LogP contribution in [-0.2, 0) is 22.6 Å². The summed E-state index contributed by atoms with van der Waals surface area (Å²) in [7, 11) is 1.38. The van der Waals surface area contributed by atoms with E-state index in [1.165, 1.54) is 7.11 Å². The Kier molecular flexibility index (Phi) is 8.65.